The highest BCUT2D eigenvalue weighted by molar-refractivity contribution is 6.30. The first kappa shape index (κ1) is 27.4. The lowest BCUT2D eigenvalue weighted by Crippen LogP contribution is -2.33. The van der Waals surface area contributed by atoms with Gasteiger partial charge in [-0.05, 0) is 78.5 Å². The number of halogens is 1. The summed E-state index contributed by atoms with van der Waals surface area (Å²) in [6, 6.07) is 36.8. The molecule has 4 nitrogen and oxygen atoms in total. The Balaban J connectivity index is 1.39. The molecule has 4 aromatic carbocycles. The minimum absolute atomic E-state index is 0.404. The zero-order chi connectivity index (χ0) is 28.2. The van der Waals surface area contributed by atoms with Gasteiger partial charge in [-0.25, -0.2) is 0 Å². The van der Waals surface area contributed by atoms with Crippen molar-refractivity contribution < 1.29 is 4.74 Å². The van der Waals surface area contributed by atoms with Gasteiger partial charge in [0.1, 0.15) is 12.4 Å². The molecule has 1 aliphatic rings. The van der Waals surface area contributed by atoms with Crippen molar-refractivity contribution in [2.24, 2.45) is 0 Å². The standard InChI is InChI=1S/C36H38ClN3O/c1-38(2)30-19-15-28(16-20-30)34-13-8-9-23-39(34)25-33-32-12-6-7-14-35(32)40(24-27-10-4-3-5-11-27)36(33)26-41-31-21-17-29(37)18-22-31/h3-7,10-12,14-22,34H,8-9,13,23-26H2,1-2H3. The van der Waals surface area contributed by atoms with Crippen LogP contribution in [0.4, 0.5) is 5.69 Å². The Labute approximate surface area is 248 Å². The van der Waals surface area contributed by atoms with E-state index < -0.39 is 0 Å². The van der Waals surface area contributed by atoms with Gasteiger partial charge in [-0.15, -0.1) is 0 Å². The number of hydrogen-bond acceptors (Lipinski definition) is 3. The van der Waals surface area contributed by atoms with Crippen molar-refractivity contribution in [1.82, 2.24) is 9.47 Å². The number of anilines is 1. The maximum absolute atomic E-state index is 6.43. The van der Waals surface area contributed by atoms with Crippen molar-refractivity contribution in [2.45, 2.75) is 45.0 Å². The molecule has 2 heterocycles. The summed E-state index contributed by atoms with van der Waals surface area (Å²) < 4.78 is 8.89. The highest BCUT2D eigenvalue weighted by Gasteiger charge is 2.27. The van der Waals surface area contributed by atoms with E-state index in [2.05, 4.69) is 107 Å². The van der Waals surface area contributed by atoms with E-state index >= 15 is 0 Å². The fraction of sp³-hybridized carbons (Fsp3) is 0.278. The average molecular weight is 564 g/mol. The molecule has 1 aliphatic heterocycles. The summed E-state index contributed by atoms with van der Waals surface area (Å²) in [6.45, 7) is 3.28. The van der Waals surface area contributed by atoms with Crippen LogP contribution in [0.5, 0.6) is 5.75 Å². The van der Waals surface area contributed by atoms with Crippen LogP contribution in [0.25, 0.3) is 10.9 Å². The molecule has 0 amide bonds. The van der Waals surface area contributed by atoms with E-state index in [1.54, 1.807) is 0 Å². The molecule has 0 N–H and O–H groups in total. The Morgan fingerprint density at radius 3 is 2.29 bits per heavy atom. The zero-order valence-corrected chi connectivity index (χ0v) is 24.7. The number of aromatic nitrogens is 1. The SMILES string of the molecule is CN(C)c1ccc(C2CCCCN2Cc2c(COc3ccc(Cl)cc3)n(Cc3ccccc3)c3ccccc23)cc1. The van der Waals surface area contributed by atoms with Gasteiger partial charge in [0, 0.05) is 54.8 Å². The normalized spacial score (nSPS) is 15.7. The first-order valence-electron chi connectivity index (χ1n) is 14.6. The van der Waals surface area contributed by atoms with Crippen LogP contribution in [-0.4, -0.2) is 30.1 Å². The number of hydrogen-bond donors (Lipinski definition) is 0. The average Bonchev–Trinajstić information content (AvgIpc) is 3.29. The van der Waals surface area contributed by atoms with Crippen LogP contribution in [0.15, 0.2) is 103 Å². The topological polar surface area (TPSA) is 20.6 Å². The van der Waals surface area contributed by atoms with Crippen LogP contribution < -0.4 is 9.64 Å². The van der Waals surface area contributed by atoms with Crippen LogP contribution in [0.1, 0.15) is 47.7 Å². The van der Waals surface area contributed by atoms with E-state index in [9.17, 15) is 0 Å². The second-order valence-electron chi connectivity index (χ2n) is 11.2. The minimum atomic E-state index is 0.404. The molecule has 0 spiro atoms. The molecule has 1 fully saturated rings. The van der Waals surface area contributed by atoms with Crippen molar-refractivity contribution in [1.29, 1.82) is 0 Å². The maximum atomic E-state index is 6.43. The first-order valence-corrected chi connectivity index (χ1v) is 15.0. The minimum Gasteiger partial charge on any atom is -0.487 e. The number of piperidine rings is 1. The molecule has 5 aromatic rings. The van der Waals surface area contributed by atoms with Crippen molar-refractivity contribution in [2.75, 3.05) is 25.5 Å². The van der Waals surface area contributed by atoms with Crippen molar-refractivity contribution in [3.05, 3.63) is 131 Å². The number of fused-ring (bicyclic) bond motifs is 1. The molecule has 0 bridgehead atoms. The predicted molar refractivity (Wildman–Crippen MR) is 171 cm³/mol. The Kier molecular flexibility index (Phi) is 8.31. The van der Waals surface area contributed by atoms with Gasteiger partial charge in [0.25, 0.3) is 0 Å². The van der Waals surface area contributed by atoms with Gasteiger partial charge in [-0.3, -0.25) is 4.90 Å². The molecule has 1 atom stereocenters. The largest absolute Gasteiger partial charge is 0.487 e. The van der Waals surface area contributed by atoms with Crippen LogP contribution in [0.3, 0.4) is 0 Å². The van der Waals surface area contributed by atoms with Crippen LogP contribution in [0, 0.1) is 0 Å². The lowest BCUT2D eigenvalue weighted by molar-refractivity contribution is 0.139. The molecule has 5 heteroatoms. The Hall–Kier alpha value is -3.73. The van der Waals surface area contributed by atoms with Crippen LogP contribution in [0.2, 0.25) is 5.02 Å². The molecular weight excluding hydrogens is 526 g/mol. The summed E-state index contributed by atoms with van der Waals surface area (Å²) in [5.74, 6) is 0.827. The molecule has 210 valence electrons. The quantitative estimate of drug-likeness (QED) is 0.179. The molecule has 0 aliphatic carbocycles. The highest BCUT2D eigenvalue weighted by Crippen LogP contribution is 2.36. The second-order valence-corrected chi connectivity index (χ2v) is 11.7. The van der Waals surface area contributed by atoms with Gasteiger partial charge in [0.15, 0.2) is 0 Å². The number of ether oxygens (including phenoxy) is 1. The molecule has 0 radical (unpaired) electrons. The zero-order valence-electron chi connectivity index (χ0n) is 24.0. The molecular formula is C36H38ClN3O. The fourth-order valence-corrected chi connectivity index (χ4v) is 6.28. The summed E-state index contributed by atoms with van der Waals surface area (Å²) in [5.41, 5.74) is 7.78. The van der Waals surface area contributed by atoms with E-state index in [4.69, 9.17) is 16.3 Å². The summed E-state index contributed by atoms with van der Waals surface area (Å²) in [4.78, 5) is 4.85. The molecule has 41 heavy (non-hydrogen) atoms. The fourth-order valence-electron chi connectivity index (χ4n) is 6.15. The van der Waals surface area contributed by atoms with E-state index in [0.717, 1.165) is 25.4 Å². The van der Waals surface area contributed by atoms with Crippen molar-refractivity contribution in [3.8, 4) is 5.75 Å². The first-order chi connectivity index (χ1) is 20.1. The van der Waals surface area contributed by atoms with Crippen LogP contribution >= 0.6 is 11.6 Å². The molecule has 1 unspecified atom stereocenters. The third-order valence-corrected chi connectivity index (χ3v) is 8.59. The number of para-hydroxylation sites is 1. The number of benzene rings is 4. The summed E-state index contributed by atoms with van der Waals surface area (Å²) in [5, 5.41) is 2.02. The monoisotopic (exact) mass is 563 g/mol. The molecule has 0 saturated carbocycles. The van der Waals surface area contributed by atoms with Crippen molar-refractivity contribution in [3.63, 3.8) is 0 Å². The second kappa shape index (κ2) is 12.4. The smallest absolute Gasteiger partial charge is 0.129 e. The summed E-state index contributed by atoms with van der Waals surface area (Å²) in [7, 11) is 4.20. The number of rotatable bonds is 9. The molecule has 1 saturated heterocycles. The highest BCUT2D eigenvalue weighted by atomic mass is 35.5. The lowest BCUT2D eigenvalue weighted by atomic mass is 9.94. The lowest BCUT2D eigenvalue weighted by Gasteiger charge is -2.36. The Bertz CT molecular complexity index is 1580. The number of likely N-dealkylation sites (tertiary alicyclic amines) is 1. The molecule has 6 rings (SSSR count). The van der Waals surface area contributed by atoms with Gasteiger partial charge in [-0.2, -0.15) is 0 Å². The predicted octanol–water partition coefficient (Wildman–Crippen LogP) is 8.72. The van der Waals surface area contributed by atoms with E-state index in [1.165, 1.54) is 58.2 Å². The number of nitrogens with zero attached hydrogens (tertiary/aromatic N) is 3. The Morgan fingerprint density at radius 1 is 0.805 bits per heavy atom. The van der Waals surface area contributed by atoms with Gasteiger partial charge in [0.2, 0.25) is 0 Å². The summed E-state index contributed by atoms with van der Waals surface area (Å²) in [6.07, 6.45) is 3.67. The molecule has 1 aromatic heterocycles. The summed E-state index contributed by atoms with van der Waals surface area (Å²) >= 11 is 6.15. The third-order valence-electron chi connectivity index (χ3n) is 8.34. The van der Waals surface area contributed by atoms with Gasteiger partial charge < -0.3 is 14.2 Å². The van der Waals surface area contributed by atoms with Gasteiger partial charge in [0.05, 0.1) is 5.69 Å². The van der Waals surface area contributed by atoms with E-state index in [0.29, 0.717) is 17.7 Å². The third kappa shape index (κ3) is 6.14. The van der Waals surface area contributed by atoms with Gasteiger partial charge in [-0.1, -0.05) is 78.7 Å². The van der Waals surface area contributed by atoms with E-state index in [1.807, 2.05) is 24.3 Å². The van der Waals surface area contributed by atoms with Crippen molar-refractivity contribution >= 4 is 28.2 Å². The Morgan fingerprint density at radius 2 is 1.54 bits per heavy atom. The van der Waals surface area contributed by atoms with Gasteiger partial charge >= 0.3 is 0 Å². The van der Waals surface area contributed by atoms with E-state index in [-0.39, 0.29) is 0 Å². The maximum Gasteiger partial charge on any atom is 0.129 e. The van der Waals surface area contributed by atoms with Crippen LogP contribution in [-0.2, 0) is 19.7 Å².